The van der Waals surface area contributed by atoms with E-state index in [1.165, 1.54) is 4.68 Å². The molecule has 0 aliphatic heterocycles. The molecular formula is C16H22N6O2. The summed E-state index contributed by atoms with van der Waals surface area (Å²) in [6.45, 7) is 6.46. The van der Waals surface area contributed by atoms with E-state index in [2.05, 4.69) is 20.4 Å². The quantitative estimate of drug-likeness (QED) is 0.851. The number of anilines is 1. The predicted molar refractivity (Wildman–Crippen MR) is 88.5 cm³/mol. The van der Waals surface area contributed by atoms with Gasteiger partial charge in [-0.2, -0.15) is 5.10 Å². The molecule has 3 rings (SSSR count). The summed E-state index contributed by atoms with van der Waals surface area (Å²) in [7, 11) is 0. The van der Waals surface area contributed by atoms with E-state index in [4.69, 9.17) is 10.5 Å². The number of amides is 1. The topological polar surface area (TPSA) is 108 Å². The van der Waals surface area contributed by atoms with Crippen molar-refractivity contribution in [1.82, 2.24) is 19.7 Å². The first-order chi connectivity index (χ1) is 11.4. The first-order valence-electron chi connectivity index (χ1n) is 7.92. The summed E-state index contributed by atoms with van der Waals surface area (Å²) in [5, 5.41) is 6.99. The van der Waals surface area contributed by atoms with Crippen LogP contribution in [-0.2, 0) is 9.53 Å². The smallest absolute Gasteiger partial charge is 0.250 e. The molecule has 3 N–H and O–H groups in total. The van der Waals surface area contributed by atoms with E-state index < -0.39 is 11.0 Å². The molecule has 2 atom stereocenters. The highest BCUT2D eigenvalue weighted by atomic mass is 16.5. The van der Waals surface area contributed by atoms with E-state index >= 15 is 0 Å². The molecule has 128 valence electrons. The number of hydrogen-bond acceptors (Lipinski definition) is 6. The van der Waals surface area contributed by atoms with Gasteiger partial charge in [-0.1, -0.05) is 13.8 Å². The summed E-state index contributed by atoms with van der Waals surface area (Å²) in [6, 6.07) is 1.72. The Morgan fingerprint density at radius 2 is 2.17 bits per heavy atom. The Hall–Kier alpha value is -2.32. The Labute approximate surface area is 140 Å². The van der Waals surface area contributed by atoms with Crippen LogP contribution in [0.25, 0.3) is 5.95 Å². The van der Waals surface area contributed by atoms with Gasteiger partial charge in [0, 0.05) is 30.8 Å². The van der Waals surface area contributed by atoms with Crippen LogP contribution < -0.4 is 11.1 Å². The van der Waals surface area contributed by atoms with E-state index in [0.717, 1.165) is 0 Å². The first-order valence-corrected chi connectivity index (χ1v) is 7.92. The van der Waals surface area contributed by atoms with Crippen molar-refractivity contribution in [3.8, 4) is 5.95 Å². The molecule has 2 aromatic rings. The maximum absolute atomic E-state index is 12.7. The molecule has 0 aromatic carbocycles. The number of nitrogens with zero attached hydrogens (tertiary/aromatic N) is 4. The maximum Gasteiger partial charge on any atom is 0.250 e. The number of aromatic nitrogens is 4. The lowest BCUT2D eigenvalue weighted by Crippen LogP contribution is -2.74. The van der Waals surface area contributed by atoms with Crippen LogP contribution in [0.1, 0.15) is 27.2 Å². The third-order valence-electron chi connectivity index (χ3n) is 4.83. The van der Waals surface area contributed by atoms with Gasteiger partial charge in [0.05, 0.1) is 24.2 Å². The highest BCUT2D eigenvalue weighted by Gasteiger charge is 2.62. The molecular weight excluding hydrogens is 308 g/mol. The molecule has 2 unspecified atom stereocenters. The molecule has 1 amide bonds. The number of nitrogens with two attached hydrogens (primary N) is 1. The number of ether oxygens (including phenoxy) is 1. The fraction of sp³-hybridized carbons (Fsp3) is 0.500. The second-order valence-electron chi connectivity index (χ2n) is 6.52. The number of nitrogens with one attached hydrogen (secondary N) is 1. The molecule has 1 saturated carbocycles. The van der Waals surface area contributed by atoms with Crippen molar-refractivity contribution in [1.29, 1.82) is 0 Å². The lowest BCUT2D eigenvalue weighted by molar-refractivity contribution is -0.166. The van der Waals surface area contributed by atoms with Crippen LogP contribution in [-0.4, -0.2) is 43.9 Å². The zero-order chi connectivity index (χ0) is 17.4. The molecule has 0 bridgehead atoms. The minimum atomic E-state index is -0.974. The maximum atomic E-state index is 12.7. The highest BCUT2D eigenvalue weighted by molar-refractivity contribution is 5.99. The van der Waals surface area contributed by atoms with Gasteiger partial charge in [0.2, 0.25) is 11.9 Å². The third-order valence-corrected chi connectivity index (χ3v) is 4.83. The molecule has 1 fully saturated rings. The molecule has 2 heterocycles. The average Bonchev–Trinajstić information content (AvgIpc) is 3.03. The predicted octanol–water partition coefficient (Wildman–Crippen LogP) is 1.13. The largest absolute Gasteiger partial charge is 0.378 e. The standard InChI is InChI=1S/C16H22N6O2/c1-4-24-12-8-16(17,15(12,2)3)13(23)21-11-9-20-22(10-11)14-18-6-5-7-19-14/h5-7,9-10,12H,4,8,17H2,1-3H3,(H,21,23). The number of carbonyl (C=O) groups is 1. The summed E-state index contributed by atoms with van der Waals surface area (Å²) in [5.41, 5.74) is 5.50. The summed E-state index contributed by atoms with van der Waals surface area (Å²) in [6.07, 6.45) is 6.93. The number of rotatable bonds is 5. The van der Waals surface area contributed by atoms with Gasteiger partial charge in [0.25, 0.3) is 0 Å². The summed E-state index contributed by atoms with van der Waals surface area (Å²) < 4.78 is 7.15. The van der Waals surface area contributed by atoms with Crippen LogP contribution in [0.3, 0.4) is 0 Å². The second-order valence-corrected chi connectivity index (χ2v) is 6.52. The molecule has 2 aromatic heterocycles. The van der Waals surface area contributed by atoms with Crippen LogP contribution in [0.5, 0.6) is 0 Å². The van der Waals surface area contributed by atoms with Crippen LogP contribution in [0, 0.1) is 5.41 Å². The highest BCUT2D eigenvalue weighted by Crippen LogP contribution is 2.50. The summed E-state index contributed by atoms with van der Waals surface area (Å²) >= 11 is 0. The Morgan fingerprint density at radius 3 is 2.79 bits per heavy atom. The molecule has 8 nitrogen and oxygen atoms in total. The third kappa shape index (κ3) is 2.57. The minimum Gasteiger partial charge on any atom is -0.378 e. The van der Waals surface area contributed by atoms with E-state index in [-0.39, 0.29) is 12.0 Å². The first kappa shape index (κ1) is 16.5. The van der Waals surface area contributed by atoms with Crippen molar-refractivity contribution >= 4 is 11.6 Å². The van der Waals surface area contributed by atoms with Crippen LogP contribution in [0.2, 0.25) is 0 Å². The zero-order valence-corrected chi connectivity index (χ0v) is 14.1. The zero-order valence-electron chi connectivity index (χ0n) is 14.1. The van der Waals surface area contributed by atoms with Gasteiger partial charge < -0.3 is 15.8 Å². The SMILES string of the molecule is CCOC1CC(N)(C(=O)Nc2cnn(-c3ncccn3)c2)C1(C)C. The van der Waals surface area contributed by atoms with Crippen molar-refractivity contribution in [3.05, 3.63) is 30.9 Å². The average molecular weight is 330 g/mol. The van der Waals surface area contributed by atoms with Crippen molar-refractivity contribution in [3.63, 3.8) is 0 Å². The Morgan fingerprint density at radius 1 is 1.46 bits per heavy atom. The van der Waals surface area contributed by atoms with Gasteiger partial charge in [-0.25, -0.2) is 14.6 Å². The van der Waals surface area contributed by atoms with Crippen molar-refractivity contribution in [2.75, 3.05) is 11.9 Å². The van der Waals surface area contributed by atoms with Crippen LogP contribution in [0.15, 0.2) is 30.9 Å². The molecule has 1 aliphatic rings. The molecule has 0 saturated heterocycles. The Bertz CT molecular complexity index is 729. The molecule has 8 heteroatoms. The van der Waals surface area contributed by atoms with E-state index in [9.17, 15) is 4.79 Å². The van der Waals surface area contributed by atoms with Gasteiger partial charge in [-0.05, 0) is 13.0 Å². The molecule has 0 spiro atoms. The van der Waals surface area contributed by atoms with Crippen molar-refractivity contribution in [2.45, 2.75) is 38.8 Å². The van der Waals surface area contributed by atoms with Crippen LogP contribution in [0.4, 0.5) is 5.69 Å². The van der Waals surface area contributed by atoms with Gasteiger partial charge in [-0.3, -0.25) is 4.79 Å². The van der Waals surface area contributed by atoms with E-state index in [1.54, 1.807) is 30.9 Å². The Balaban J connectivity index is 1.71. The number of carbonyl (C=O) groups excluding carboxylic acids is 1. The van der Waals surface area contributed by atoms with Crippen molar-refractivity contribution in [2.24, 2.45) is 11.1 Å². The summed E-state index contributed by atoms with van der Waals surface area (Å²) in [5.74, 6) is 0.192. The fourth-order valence-corrected chi connectivity index (χ4v) is 2.97. The van der Waals surface area contributed by atoms with Gasteiger partial charge in [-0.15, -0.1) is 0 Å². The number of hydrogen-bond donors (Lipinski definition) is 2. The van der Waals surface area contributed by atoms with Gasteiger partial charge in [0.1, 0.15) is 5.54 Å². The lowest BCUT2D eigenvalue weighted by Gasteiger charge is -2.57. The van der Waals surface area contributed by atoms with Gasteiger partial charge in [0.15, 0.2) is 0 Å². The van der Waals surface area contributed by atoms with Crippen LogP contribution >= 0.6 is 0 Å². The minimum absolute atomic E-state index is 0.0151. The fourth-order valence-electron chi connectivity index (χ4n) is 2.97. The van der Waals surface area contributed by atoms with E-state index in [0.29, 0.717) is 24.7 Å². The summed E-state index contributed by atoms with van der Waals surface area (Å²) in [4.78, 5) is 20.9. The second kappa shape index (κ2) is 5.95. The lowest BCUT2D eigenvalue weighted by atomic mass is 9.54. The van der Waals surface area contributed by atoms with Crippen molar-refractivity contribution < 1.29 is 9.53 Å². The van der Waals surface area contributed by atoms with Gasteiger partial charge >= 0.3 is 0 Å². The molecule has 0 radical (unpaired) electrons. The molecule has 1 aliphatic carbocycles. The Kier molecular flexibility index (Phi) is 4.10. The van der Waals surface area contributed by atoms with E-state index in [1.807, 2.05) is 20.8 Å². The monoisotopic (exact) mass is 330 g/mol. The molecule has 24 heavy (non-hydrogen) atoms. The normalized spacial score (nSPS) is 25.1.